The molecule has 0 saturated heterocycles. The molecule has 0 spiro atoms. The third kappa shape index (κ3) is 4.20. The van der Waals surface area contributed by atoms with Gasteiger partial charge in [0, 0.05) is 30.7 Å². The Labute approximate surface area is 156 Å². The minimum atomic E-state index is -0.277. The van der Waals surface area contributed by atoms with Crippen LogP contribution in [0.4, 0.5) is 10.5 Å². The lowest BCUT2D eigenvalue weighted by Gasteiger charge is -2.19. The number of amides is 2. The van der Waals surface area contributed by atoms with Crippen molar-refractivity contribution < 1.29 is 14.3 Å². The zero-order chi connectivity index (χ0) is 18.5. The van der Waals surface area contributed by atoms with Crippen molar-refractivity contribution in [1.29, 1.82) is 0 Å². The van der Waals surface area contributed by atoms with Gasteiger partial charge in [0.25, 0.3) is 0 Å². The highest BCUT2D eigenvalue weighted by Gasteiger charge is 2.13. The van der Waals surface area contributed by atoms with E-state index in [1.165, 1.54) is 0 Å². The van der Waals surface area contributed by atoms with Crippen LogP contribution < -0.4 is 20.1 Å². The summed E-state index contributed by atoms with van der Waals surface area (Å²) in [5.41, 5.74) is 2.81. The number of nitrogens with zero attached hydrogens (tertiary/aromatic N) is 2. The van der Waals surface area contributed by atoms with Crippen molar-refractivity contribution in [3.8, 4) is 11.5 Å². The van der Waals surface area contributed by atoms with E-state index < -0.39 is 0 Å². The van der Waals surface area contributed by atoms with E-state index in [0.29, 0.717) is 43.5 Å². The molecule has 27 heavy (non-hydrogen) atoms. The van der Waals surface area contributed by atoms with Crippen LogP contribution in [0, 0.1) is 0 Å². The fourth-order valence-electron chi connectivity index (χ4n) is 2.92. The summed E-state index contributed by atoms with van der Waals surface area (Å²) in [6.45, 7) is 2.14. The van der Waals surface area contributed by atoms with Gasteiger partial charge in [0.05, 0.1) is 6.54 Å². The number of hydrogen-bond acceptors (Lipinski definition) is 4. The Hall–Kier alpha value is -3.48. The van der Waals surface area contributed by atoms with Crippen LogP contribution in [0.15, 0.2) is 60.9 Å². The van der Waals surface area contributed by atoms with E-state index in [2.05, 4.69) is 15.7 Å². The molecular weight excluding hydrogens is 344 g/mol. The number of hydrogen-bond donors (Lipinski definition) is 2. The molecule has 2 amide bonds. The molecule has 1 aliphatic heterocycles. The average molecular weight is 364 g/mol. The lowest BCUT2D eigenvalue weighted by atomic mass is 10.1. The fourth-order valence-corrected chi connectivity index (χ4v) is 2.92. The molecule has 2 N–H and O–H groups in total. The largest absolute Gasteiger partial charge is 0.486 e. The molecule has 0 unspecified atom stereocenters. The van der Waals surface area contributed by atoms with Gasteiger partial charge in [-0.3, -0.25) is 4.68 Å². The van der Waals surface area contributed by atoms with Crippen molar-refractivity contribution in [2.75, 3.05) is 18.5 Å². The first-order valence-electron chi connectivity index (χ1n) is 8.77. The van der Waals surface area contributed by atoms with E-state index in [1.54, 1.807) is 24.4 Å². The summed E-state index contributed by atoms with van der Waals surface area (Å²) in [5, 5.41) is 9.95. The Kier molecular flexibility index (Phi) is 4.91. The van der Waals surface area contributed by atoms with E-state index >= 15 is 0 Å². The molecule has 0 atom stereocenters. The van der Waals surface area contributed by atoms with Crippen molar-refractivity contribution >= 4 is 11.7 Å². The molecule has 0 aliphatic carbocycles. The number of aromatic nitrogens is 2. The summed E-state index contributed by atoms with van der Waals surface area (Å²) < 4.78 is 12.9. The maximum atomic E-state index is 12.3. The van der Waals surface area contributed by atoms with Gasteiger partial charge in [0.15, 0.2) is 11.5 Å². The molecule has 2 heterocycles. The van der Waals surface area contributed by atoms with Crippen molar-refractivity contribution in [2.24, 2.45) is 0 Å². The third-order valence-electron chi connectivity index (χ3n) is 4.25. The van der Waals surface area contributed by atoms with E-state index in [4.69, 9.17) is 9.47 Å². The van der Waals surface area contributed by atoms with Crippen LogP contribution in [0.25, 0.3) is 0 Å². The molecule has 1 aromatic heterocycles. The highest BCUT2D eigenvalue weighted by molar-refractivity contribution is 5.89. The Morgan fingerprint density at radius 2 is 1.85 bits per heavy atom. The molecule has 7 heteroatoms. The number of urea groups is 1. The first-order valence-corrected chi connectivity index (χ1v) is 8.77. The Balaban J connectivity index is 1.37. The summed E-state index contributed by atoms with van der Waals surface area (Å²) in [6, 6.07) is 14.9. The van der Waals surface area contributed by atoms with Crippen LogP contribution in [0.2, 0.25) is 0 Å². The van der Waals surface area contributed by atoms with Crippen LogP contribution in [0.3, 0.4) is 0 Å². The Bertz CT molecular complexity index is 925. The zero-order valence-electron chi connectivity index (χ0n) is 14.7. The van der Waals surface area contributed by atoms with Gasteiger partial charge in [-0.05, 0) is 29.3 Å². The van der Waals surface area contributed by atoms with Gasteiger partial charge in [0.2, 0.25) is 0 Å². The van der Waals surface area contributed by atoms with Crippen molar-refractivity contribution in [3.63, 3.8) is 0 Å². The Morgan fingerprint density at radius 1 is 1.04 bits per heavy atom. The van der Waals surface area contributed by atoms with E-state index in [0.717, 1.165) is 11.1 Å². The number of rotatable bonds is 5. The second-order valence-electron chi connectivity index (χ2n) is 6.14. The van der Waals surface area contributed by atoms with E-state index in [-0.39, 0.29) is 6.03 Å². The molecule has 0 radical (unpaired) electrons. The van der Waals surface area contributed by atoms with Gasteiger partial charge < -0.3 is 20.1 Å². The van der Waals surface area contributed by atoms with Crippen LogP contribution in [-0.2, 0) is 13.1 Å². The van der Waals surface area contributed by atoms with E-state index in [1.807, 2.05) is 41.2 Å². The standard InChI is InChI=1S/C20H20N4O3/c25-20(23-17-6-7-18-19(12-17)27-11-10-26-18)21-13-15-4-1-2-5-16(15)14-24-9-3-8-22-24/h1-9,12H,10-11,13-14H2,(H2,21,23,25). The highest BCUT2D eigenvalue weighted by Crippen LogP contribution is 2.32. The smallest absolute Gasteiger partial charge is 0.319 e. The lowest BCUT2D eigenvalue weighted by molar-refractivity contribution is 0.171. The number of benzene rings is 2. The van der Waals surface area contributed by atoms with Crippen LogP contribution >= 0.6 is 0 Å². The predicted molar refractivity (Wildman–Crippen MR) is 101 cm³/mol. The maximum Gasteiger partial charge on any atom is 0.319 e. The topological polar surface area (TPSA) is 77.4 Å². The summed E-state index contributed by atoms with van der Waals surface area (Å²) in [7, 11) is 0. The first-order chi connectivity index (χ1) is 13.3. The average Bonchev–Trinajstić information content (AvgIpc) is 3.20. The van der Waals surface area contributed by atoms with Crippen molar-refractivity contribution in [2.45, 2.75) is 13.1 Å². The molecule has 0 saturated carbocycles. The second-order valence-corrected chi connectivity index (χ2v) is 6.14. The fraction of sp³-hybridized carbons (Fsp3) is 0.200. The first kappa shape index (κ1) is 17.0. The number of carbonyl (C=O) groups is 1. The highest BCUT2D eigenvalue weighted by atomic mass is 16.6. The third-order valence-corrected chi connectivity index (χ3v) is 4.25. The second kappa shape index (κ2) is 7.82. The van der Waals surface area contributed by atoms with Gasteiger partial charge in [0.1, 0.15) is 13.2 Å². The number of anilines is 1. The number of nitrogens with one attached hydrogen (secondary N) is 2. The number of carbonyl (C=O) groups excluding carboxylic acids is 1. The molecule has 1 aliphatic rings. The molecule has 7 nitrogen and oxygen atoms in total. The monoisotopic (exact) mass is 364 g/mol. The van der Waals surface area contributed by atoms with Gasteiger partial charge >= 0.3 is 6.03 Å². The summed E-state index contributed by atoms with van der Waals surface area (Å²) in [5.74, 6) is 1.34. The van der Waals surface area contributed by atoms with Crippen molar-refractivity contribution in [1.82, 2.24) is 15.1 Å². The van der Waals surface area contributed by atoms with Crippen molar-refractivity contribution in [3.05, 3.63) is 72.1 Å². The minimum Gasteiger partial charge on any atom is -0.486 e. The quantitative estimate of drug-likeness (QED) is 0.730. The zero-order valence-corrected chi connectivity index (χ0v) is 14.7. The summed E-state index contributed by atoms with van der Waals surface area (Å²) >= 11 is 0. The number of fused-ring (bicyclic) bond motifs is 1. The number of ether oxygens (including phenoxy) is 2. The molecule has 0 bridgehead atoms. The molecule has 2 aromatic carbocycles. The maximum absolute atomic E-state index is 12.3. The molecule has 138 valence electrons. The molecular formula is C20H20N4O3. The molecule has 0 fully saturated rings. The van der Waals surface area contributed by atoms with Gasteiger partial charge in [-0.1, -0.05) is 24.3 Å². The Morgan fingerprint density at radius 3 is 2.67 bits per heavy atom. The van der Waals surface area contributed by atoms with E-state index in [9.17, 15) is 4.79 Å². The van der Waals surface area contributed by atoms with Crippen LogP contribution in [-0.4, -0.2) is 29.0 Å². The summed E-state index contributed by atoms with van der Waals surface area (Å²) in [6.07, 6.45) is 3.67. The van der Waals surface area contributed by atoms with Gasteiger partial charge in [-0.15, -0.1) is 0 Å². The summed E-state index contributed by atoms with van der Waals surface area (Å²) in [4.78, 5) is 12.3. The predicted octanol–water partition coefficient (Wildman–Crippen LogP) is 3.02. The molecule has 3 aromatic rings. The minimum absolute atomic E-state index is 0.277. The SMILES string of the molecule is O=C(NCc1ccccc1Cn1cccn1)Nc1ccc2c(c1)OCCO2. The normalized spacial score (nSPS) is 12.4. The van der Waals surface area contributed by atoms with Crippen LogP contribution in [0.1, 0.15) is 11.1 Å². The van der Waals surface area contributed by atoms with Gasteiger partial charge in [-0.25, -0.2) is 4.79 Å². The lowest BCUT2D eigenvalue weighted by Crippen LogP contribution is -2.28. The van der Waals surface area contributed by atoms with Crippen LogP contribution in [0.5, 0.6) is 11.5 Å². The molecule has 4 rings (SSSR count). The van der Waals surface area contributed by atoms with Gasteiger partial charge in [-0.2, -0.15) is 5.10 Å².